The highest BCUT2D eigenvalue weighted by molar-refractivity contribution is 7.89. The zero-order valence-electron chi connectivity index (χ0n) is 25.0. The molecule has 1 fully saturated rings. The lowest BCUT2D eigenvalue weighted by molar-refractivity contribution is -0.140. The van der Waals surface area contributed by atoms with E-state index in [1.165, 1.54) is 16.4 Å². The number of sulfonamides is 1. The molecule has 2 aromatic carbocycles. The van der Waals surface area contributed by atoms with E-state index in [2.05, 4.69) is 10.6 Å². The Balaban J connectivity index is 0.000000320. The quantitative estimate of drug-likeness (QED) is 0.176. The third-order valence-corrected chi connectivity index (χ3v) is 9.12. The van der Waals surface area contributed by atoms with Gasteiger partial charge >= 0.3 is 18.0 Å². The molecule has 1 heterocycles. The molecule has 14 nitrogen and oxygen atoms in total. The molecule has 0 aliphatic carbocycles. The number of nitrogens with zero attached hydrogens (tertiary/aromatic N) is 1. The van der Waals surface area contributed by atoms with Crippen LogP contribution in [0.2, 0.25) is 10.0 Å². The highest BCUT2D eigenvalue weighted by Gasteiger charge is 2.33. The van der Waals surface area contributed by atoms with E-state index >= 15 is 0 Å². The minimum absolute atomic E-state index is 0.0876. The van der Waals surface area contributed by atoms with Crippen molar-refractivity contribution >= 4 is 63.5 Å². The van der Waals surface area contributed by atoms with Gasteiger partial charge in [-0.15, -0.1) is 0 Å². The fourth-order valence-electron chi connectivity index (χ4n) is 4.11. The average Bonchev–Trinajstić information content (AvgIpc) is 3.01. The summed E-state index contributed by atoms with van der Waals surface area (Å²) in [6.07, 6.45) is -0.183. The molecule has 0 radical (unpaired) electrons. The predicted molar refractivity (Wildman–Crippen MR) is 166 cm³/mol. The van der Waals surface area contributed by atoms with Gasteiger partial charge in [0.05, 0.1) is 18.2 Å². The number of alkyl carbamates (subject to hydrolysis) is 1. The first-order chi connectivity index (χ1) is 21.7. The number of amides is 2. The molecule has 1 saturated heterocycles. The molecule has 4 N–H and O–H groups in total. The number of aldehydes is 1. The molecule has 0 saturated carbocycles. The molecular weight excluding hydrogens is 669 g/mol. The number of aliphatic carboxylic acids is 2. The fraction of sp³-hybridized carbons (Fsp3) is 0.414. The minimum atomic E-state index is -3.95. The normalized spacial score (nSPS) is 14.6. The van der Waals surface area contributed by atoms with E-state index in [9.17, 15) is 32.4 Å². The van der Waals surface area contributed by atoms with Crippen LogP contribution >= 0.6 is 23.2 Å². The highest BCUT2D eigenvalue weighted by Crippen LogP contribution is 2.37. The van der Waals surface area contributed by atoms with Gasteiger partial charge in [-0.05, 0) is 30.0 Å². The Morgan fingerprint density at radius 1 is 1.04 bits per heavy atom. The highest BCUT2D eigenvalue weighted by atomic mass is 35.5. The van der Waals surface area contributed by atoms with Crippen LogP contribution in [-0.4, -0.2) is 92.1 Å². The Morgan fingerprint density at radius 2 is 1.67 bits per heavy atom. The van der Waals surface area contributed by atoms with Crippen molar-refractivity contribution in [2.75, 3.05) is 32.8 Å². The number of carbonyl (C=O) groups is 5. The predicted octanol–water partition coefficient (Wildman–Crippen LogP) is 2.91. The Bertz CT molecular complexity index is 1480. The molecule has 17 heteroatoms. The Labute approximate surface area is 276 Å². The molecule has 1 aliphatic rings. The summed E-state index contributed by atoms with van der Waals surface area (Å²) in [5, 5.41) is 22.0. The van der Waals surface area contributed by atoms with Crippen LogP contribution in [0.4, 0.5) is 4.79 Å². The number of nitrogens with one attached hydrogen (secondary N) is 2. The van der Waals surface area contributed by atoms with Gasteiger partial charge in [0.1, 0.15) is 36.3 Å². The molecule has 2 atom stereocenters. The number of morpholine rings is 1. The minimum Gasteiger partial charge on any atom is -0.480 e. The van der Waals surface area contributed by atoms with Crippen LogP contribution < -0.4 is 10.6 Å². The summed E-state index contributed by atoms with van der Waals surface area (Å²) in [6.45, 7) is 4.22. The topological polar surface area (TPSA) is 206 Å². The summed E-state index contributed by atoms with van der Waals surface area (Å²) in [7, 11) is -3.95. The van der Waals surface area contributed by atoms with E-state index in [0.29, 0.717) is 6.42 Å². The third kappa shape index (κ3) is 11.6. The van der Waals surface area contributed by atoms with Gasteiger partial charge in [0.15, 0.2) is 0 Å². The molecular formula is C29H35Cl2N3O11S. The summed E-state index contributed by atoms with van der Waals surface area (Å²) in [6, 6.07) is 10.7. The second-order valence-corrected chi connectivity index (χ2v) is 12.9. The van der Waals surface area contributed by atoms with Gasteiger partial charge in [-0.1, -0.05) is 67.4 Å². The molecule has 1 aliphatic heterocycles. The third-order valence-electron chi connectivity index (χ3n) is 6.33. The molecule has 2 amide bonds. The lowest BCUT2D eigenvalue weighted by Gasteiger charge is -2.27. The Kier molecular flexibility index (Phi) is 15.4. The van der Waals surface area contributed by atoms with Crippen molar-refractivity contribution in [1.82, 2.24) is 14.9 Å². The van der Waals surface area contributed by atoms with Gasteiger partial charge in [-0.3, -0.25) is 14.4 Å². The van der Waals surface area contributed by atoms with Crippen molar-refractivity contribution < 1.29 is 52.1 Å². The summed E-state index contributed by atoms with van der Waals surface area (Å²) in [5.41, 5.74) is 0.601. The molecule has 0 aromatic heterocycles. The second-order valence-electron chi connectivity index (χ2n) is 10.2. The number of rotatable bonds is 13. The van der Waals surface area contributed by atoms with Gasteiger partial charge in [-0.25, -0.2) is 13.2 Å². The van der Waals surface area contributed by atoms with E-state index in [1.807, 2.05) is 44.2 Å². The first-order valence-electron chi connectivity index (χ1n) is 13.9. The number of hydrogen-bond acceptors (Lipinski definition) is 9. The number of carbonyl (C=O) groups excluding carboxylic acids is 3. The number of hydrogen-bond donors (Lipinski definition) is 4. The summed E-state index contributed by atoms with van der Waals surface area (Å²) in [5.74, 6) is -4.66. The number of carboxylic acids is 2. The maximum atomic E-state index is 12.7. The van der Waals surface area contributed by atoms with E-state index in [-0.39, 0.29) is 65.6 Å². The molecule has 0 bridgehead atoms. The van der Waals surface area contributed by atoms with Gasteiger partial charge in [0, 0.05) is 23.7 Å². The molecule has 252 valence electrons. The van der Waals surface area contributed by atoms with Crippen LogP contribution in [0.5, 0.6) is 0 Å². The van der Waals surface area contributed by atoms with Gasteiger partial charge in [0.2, 0.25) is 15.9 Å². The average molecular weight is 705 g/mol. The Morgan fingerprint density at radius 3 is 2.22 bits per heavy atom. The van der Waals surface area contributed by atoms with Crippen LogP contribution in [0.15, 0.2) is 47.4 Å². The van der Waals surface area contributed by atoms with E-state index in [1.54, 1.807) is 0 Å². The summed E-state index contributed by atoms with van der Waals surface area (Å²) < 4.78 is 36.7. The fourth-order valence-corrected chi connectivity index (χ4v) is 6.49. The zero-order chi connectivity index (χ0) is 34.4. The number of ether oxygens (including phenoxy) is 2. The number of benzene rings is 2. The van der Waals surface area contributed by atoms with Crippen LogP contribution in [0.25, 0.3) is 0 Å². The van der Waals surface area contributed by atoms with Crippen LogP contribution in [0, 0.1) is 5.92 Å². The van der Waals surface area contributed by atoms with Gasteiger partial charge in [-0.2, -0.15) is 4.31 Å². The van der Waals surface area contributed by atoms with Crippen LogP contribution in [-0.2, 0) is 45.3 Å². The second kappa shape index (κ2) is 18.4. The number of halogens is 2. The van der Waals surface area contributed by atoms with Crippen LogP contribution in [0.1, 0.15) is 37.3 Å². The molecule has 1 unspecified atom stereocenters. The first kappa shape index (κ1) is 38.4. The molecule has 3 rings (SSSR count). The standard InChI is InChI=1S/C16H22N2O5.C13H13Cl2NO6S/c1-11(2)8-13(15(21)17-9-14(19)20)18-16(22)23-10-12-6-4-3-5-7-12;14-9-1-2-10(12(15)11(9)8(7-17)13(18)19)23(20,21)16-3-5-22-6-4-16/h3-7,11,13H,8-10H2,1-2H3,(H,17,21)(H,18,22)(H,19,20);1-2,7-8H,3-6H2,(H,18,19)/t13-;/m0./s1. The van der Waals surface area contributed by atoms with E-state index < -0.39 is 52.5 Å². The van der Waals surface area contributed by atoms with Crippen molar-refractivity contribution in [1.29, 1.82) is 0 Å². The van der Waals surface area contributed by atoms with E-state index in [4.69, 9.17) is 42.9 Å². The molecule has 0 spiro atoms. The van der Waals surface area contributed by atoms with Crippen molar-refractivity contribution in [3.63, 3.8) is 0 Å². The van der Waals surface area contributed by atoms with Crippen LogP contribution in [0.3, 0.4) is 0 Å². The van der Waals surface area contributed by atoms with Crippen molar-refractivity contribution in [3.8, 4) is 0 Å². The van der Waals surface area contributed by atoms with Crippen molar-refractivity contribution in [3.05, 3.63) is 63.6 Å². The van der Waals surface area contributed by atoms with Crippen molar-refractivity contribution in [2.45, 2.75) is 43.7 Å². The largest absolute Gasteiger partial charge is 0.480 e. The number of carboxylic acid groups (broad SMARTS) is 2. The molecule has 2 aromatic rings. The first-order valence-corrected chi connectivity index (χ1v) is 16.1. The van der Waals surface area contributed by atoms with Gasteiger partial charge in [0.25, 0.3) is 0 Å². The maximum Gasteiger partial charge on any atom is 0.408 e. The van der Waals surface area contributed by atoms with Crippen molar-refractivity contribution in [2.24, 2.45) is 5.92 Å². The zero-order valence-corrected chi connectivity index (χ0v) is 27.3. The lowest BCUT2D eigenvalue weighted by atomic mass is 10.0. The van der Waals surface area contributed by atoms with Gasteiger partial charge < -0.3 is 35.1 Å². The SMILES string of the molecule is CC(C)C[C@H](NC(=O)OCc1ccccc1)C(=O)NCC(=O)O.O=CC(C(=O)O)c1c(Cl)ccc(S(=O)(=O)N2CCOCC2)c1Cl. The molecule has 46 heavy (non-hydrogen) atoms. The monoisotopic (exact) mass is 703 g/mol. The smallest absolute Gasteiger partial charge is 0.408 e. The Hall–Kier alpha value is -3.76. The summed E-state index contributed by atoms with van der Waals surface area (Å²) in [4.78, 5) is 56.2. The summed E-state index contributed by atoms with van der Waals surface area (Å²) >= 11 is 12.0. The lowest BCUT2D eigenvalue weighted by Crippen LogP contribution is -2.48. The van der Waals surface area contributed by atoms with E-state index in [0.717, 1.165) is 5.56 Å². The maximum absolute atomic E-state index is 12.7.